The fourth-order valence-corrected chi connectivity index (χ4v) is 4.25. The van der Waals surface area contributed by atoms with Crippen LogP contribution in [-0.2, 0) is 4.79 Å². The predicted octanol–water partition coefficient (Wildman–Crippen LogP) is 5.95. The molecule has 0 bridgehead atoms. The zero-order chi connectivity index (χ0) is 21.8. The van der Waals surface area contributed by atoms with E-state index in [1.54, 1.807) is 0 Å². The van der Waals surface area contributed by atoms with Crippen molar-refractivity contribution in [1.82, 2.24) is 5.06 Å². The predicted molar refractivity (Wildman–Crippen MR) is 123 cm³/mol. The highest BCUT2D eigenvalue weighted by molar-refractivity contribution is 5.99. The summed E-state index contributed by atoms with van der Waals surface area (Å²) in [6, 6.07) is 28.7. The molecule has 0 fully saturated rings. The van der Waals surface area contributed by atoms with Crippen LogP contribution in [-0.4, -0.2) is 27.9 Å². The van der Waals surface area contributed by atoms with Crippen molar-refractivity contribution in [2.24, 2.45) is 0 Å². The van der Waals surface area contributed by atoms with Gasteiger partial charge in [-0.3, -0.25) is 5.21 Å². The third-order valence-electron chi connectivity index (χ3n) is 5.68. The number of hydroxylamine groups is 2. The lowest BCUT2D eigenvalue weighted by Gasteiger charge is -2.17. The highest BCUT2D eigenvalue weighted by Gasteiger charge is 2.27. The summed E-state index contributed by atoms with van der Waals surface area (Å²) < 4.78 is 0. The van der Waals surface area contributed by atoms with E-state index in [2.05, 4.69) is 43.3 Å². The van der Waals surface area contributed by atoms with Crippen molar-refractivity contribution in [3.8, 4) is 0 Å². The van der Waals surface area contributed by atoms with Crippen molar-refractivity contribution in [1.29, 1.82) is 0 Å². The average Bonchev–Trinajstić information content (AvgIpc) is 3.20. The molecule has 2 N–H and O–H groups in total. The minimum atomic E-state index is -1.11. The summed E-state index contributed by atoms with van der Waals surface area (Å²) in [7, 11) is 0. The Bertz CT molecular complexity index is 1130. The first-order valence-corrected chi connectivity index (χ1v) is 10.5. The molecule has 0 amide bonds. The van der Waals surface area contributed by atoms with Gasteiger partial charge in [0, 0.05) is 6.54 Å². The monoisotopic (exact) mass is 411 g/mol. The van der Waals surface area contributed by atoms with Crippen LogP contribution in [0.2, 0.25) is 0 Å². The fourth-order valence-electron chi connectivity index (χ4n) is 4.25. The van der Waals surface area contributed by atoms with E-state index >= 15 is 0 Å². The van der Waals surface area contributed by atoms with Crippen molar-refractivity contribution >= 4 is 22.7 Å². The van der Waals surface area contributed by atoms with E-state index in [1.165, 1.54) is 16.7 Å². The standard InChI is InChI=1S/C27H25NO3/c1-2-23(19-9-5-3-6-10-19)25(21-11-7-4-8-12-21)22-15-13-20(14-16-22)24-17-18-28(31)26(24)27(29)30/h3-16,31H,2,17-18H2,1H3,(H,29,30)/b25-23+. The number of carbonyl (C=O) groups is 1. The summed E-state index contributed by atoms with van der Waals surface area (Å²) >= 11 is 0. The lowest BCUT2D eigenvalue weighted by Crippen LogP contribution is -2.20. The molecule has 31 heavy (non-hydrogen) atoms. The lowest BCUT2D eigenvalue weighted by atomic mass is 9.87. The largest absolute Gasteiger partial charge is 0.477 e. The van der Waals surface area contributed by atoms with Crippen LogP contribution in [0.5, 0.6) is 0 Å². The van der Waals surface area contributed by atoms with Crippen LogP contribution >= 0.6 is 0 Å². The Morgan fingerprint density at radius 2 is 1.39 bits per heavy atom. The molecule has 0 unspecified atom stereocenters. The van der Waals surface area contributed by atoms with Gasteiger partial charge in [-0.1, -0.05) is 91.9 Å². The number of rotatable bonds is 6. The molecular formula is C27H25NO3. The van der Waals surface area contributed by atoms with Gasteiger partial charge in [0.1, 0.15) is 0 Å². The average molecular weight is 412 g/mol. The van der Waals surface area contributed by atoms with E-state index in [1.807, 2.05) is 48.5 Å². The minimum Gasteiger partial charge on any atom is -0.477 e. The van der Waals surface area contributed by atoms with Gasteiger partial charge >= 0.3 is 5.97 Å². The zero-order valence-electron chi connectivity index (χ0n) is 17.5. The first-order valence-electron chi connectivity index (χ1n) is 10.5. The number of hydrogen-bond acceptors (Lipinski definition) is 3. The number of aliphatic carboxylic acids is 1. The van der Waals surface area contributed by atoms with Crippen molar-refractivity contribution in [3.05, 3.63) is 113 Å². The Morgan fingerprint density at radius 3 is 1.94 bits per heavy atom. The summed E-state index contributed by atoms with van der Waals surface area (Å²) in [4.78, 5) is 11.6. The molecule has 0 atom stereocenters. The molecule has 156 valence electrons. The zero-order valence-corrected chi connectivity index (χ0v) is 17.5. The molecule has 4 heteroatoms. The second kappa shape index (κ2) is 9.02. The molecule has 4 nitrogen and oxygen atoms in total. The van der Waals surface area contributed by atoms with Gasteiger partial charge in [0.2, 0.25) is 0 Å². The molecule has 0 aliphatic carbocycles. The molecule has 1 heterocycles. The Balaban J connectivity index is 1.84. The first-order chi connectivity index (χ1) is 15.1. The Kier molecular flexibility index (Phi) is 6.01. The molecule has 1 aliphatic rings. The molecule has 0 radical (unpaired) electrons. The van der Waals surface area contributed by atoms with Crippen molar-refractivity contribution in [3.63, 3.8) is 0 Å². The maximum Gasteiger partial charge on any atom is 0.354 e. The van der Waals surface area contributed by atoms with Crippen molar-refractivity contribution < 1.29 is 15.1 Å². The number of nitrogens with zero attached hydrogens (tertiary/aromatic N) is 1. The van der Waals surface area contributed by atoms with Gasteiger partial charge in [0.25, 0.3) is 0 Å². The van der Waals surface area contributed by atoms with Gasteiger partial charge < -0.3 is 5.11 Å². The highest BCUT2D eigenvalue weighted by atomic mass is 16.5. The van der Waals surface area contributed by atoms with Crippen molar-refractivity contribution in [2.45, 2.75) is 19.8 Å². The van der Waals surface area contributed by atoms with Crippen molar-refractivity contribution in [2.75, 3.05) is 6.54 Å². The van der Waals surface area contributed by atoms with E-state index in [9.17, 15) is 15.1 Å². The van der Waals surface area contributed by atoms with E-state index in [-0.39, 0.29) is 5.70 Å². The van der Waals surface area contributed by atoms with Crippen LogP contribution in [0.1, 0.15) is 42.0 Å². The molecule has 3 aromatic carbocycles. The first kappa shape index (κ1) is 20.6. The van der Waals surface area contributed by atoms with Crippen LogP contribution < -0.4 is 0 Å². The summed E-state index contributed by atoms with van der Waals surface area (Å²) in [6.07, 6.45) is 1.38. The maximum atomic E-state index is 11.6. The van der Waals surface area contributed by atoms with Gasteiger partial charge in [0.05, 0.1) is 0 Å². The van der Waals surface area contributed by atoms with E-state index in [0.29, 0.717) is 18.5 Å². The summed E-state index contributed by atoms with van der Waals surface area (Å²) in [5.74, 6) is -1.11. The van der Waals surface area contributed by atoms with Gasteiger partial charge in [-0.05, 0) is 51.8 Å². The fraction of sp³-hybridized carbons (Fsp3) is 0.148. The number of hydrogen-bond donors (Lipinski definition) is 2. The molecule has 0 saturated heterocycles. The summed E-state index contributed by atoms with van der Waals surface area (Å²) in [5.41, 5.74) is 7.28. The molecule has 3 aromatic rings. The Morgan fingerprint density at radius 1 is 0.839 bits per heavy atom. The second-order valence-corrected chi connectivity index (χ2v) is 7.52. The van der Waals surface area contributed by atoms with Gasteiger partial charge in [0.15, 0.2) is 5.70 Å². The van der Waals surface area contributed by atoms with Crippen LogP contribution in [0.4, 0.5) is 0 Å². The number of allylic oxidation sites excluding steroid dienone is 1. The number of benzene rings is 3. The maximum absolute atomic E-state index is 11.6. The third-order valence-corrected chi connectivity index (χ3v) is 5.68. The smallest absolute Gasteiger partial charge is 0.354 e. The summed E-state index contributed by atoms with van der Waals surface area (Å²) in [5, 5.41) is 20.2. The van der Waals surface area contributed by atoms with Gasteiger partial charge in [-0.15, -0.1) is 0 Å². The Hall–Kier alpha value is -3.63. The Labute approximate surface area is 182 Å². The van der Waals surface area contributed by atoms with E-state index < -0.39 is 5.97 Å². The quantitative estimate of drug-likeness (QED) is 0.492. The number of carboxylic acid groups (broad SMARTS) is 1. The normalized spacial score (nSPS) is 14.6. The SMILES string of the molecule is CC/C(=C(/c1ccccc1)c1ccc(C2=C(C(=O)O)N(O)CC2)cc1)c1ccccc1. The molecular weight excluding hydrogens is 386 g/mol. The minimum absolute atomic E-state index is 0.0369. The van der Waals surface area contributed by atoms with E-state index in [4.69, 9.17) is 0 Å². The molecule has 0 spiro atoms. The topological polar surface area (TPSA) is 60.8 Å². The molecule has 4 rings (SSSR count). The van der Waals surface area contributed by atoms with Gasteiger partial charge in [-0.2, -0.15) is 0 Å². The van der Waals surface area contributed by atoms with Crippen LogP contribution in [0, 0.1) is 0 Å². The molecule has 1 aliphatic heterocycles. The van der Waals surface area contributed by atoms with Crippen LogP contribution in [0.15, 0.2) is 90.6 Å². The number of carboxylic acids is 1. The van der Waals surface area contributed by atoms with E-state index in [0.717, 1.165) is 28.2 Å². The third kappa shape index (κ3) is 4.16. The van der Waals surface area contributed by atoms with Gasteiger partial charge in [-0.25, -0.2) is 9.86 Å². The molecule has 0 aromatic heterocycles. The lowest BCUT2D eigenvalue weighted by molar-refractivity contribution is -0.140. The summed E-state index contributed by atoms with van der Waals surface area (Å²) in [6.45, 7) is 2.46. The second-order valence-electron chi connectivity index (χ2n) is 7.52. The molecule has 0 saturated carbocycles. The highest BCUT2D eigenvalue weighted by Crippen LogP contribution is 2.36. The van der Waals surface area contributed by atoms with Crippen LogP contribution in [0.3, 0.4) is 0 Å². The van der Waals surface area contributed by atoms with Crippen LogP contribution in [0.25, 0.3) is 16.7 Å².